The van der Waals surface area contributed by atoms with Gasteiger partial charge in [0.25, 0.3) is 0 Å². The maximum Gasteiger partial charge on any atom is 0.346 e. The highest BCUT2D eigenvalue weighted by Gasteiger charge is 2.45. The Hall–Kier alpha value is -3.40. The molecule has 0 bridgehead atoms. The molecule has 0 radical (unpaired) electrons. The number of carbonyl (C=O) groups is 6. The van der Waals surface area contributed by atoms with Crippen molar-refractivity contribution < 1.29 is 48.1 Å². The second-order valence-electron chi connectivity index (χ2n) is 19.8. The van der Waals surface area contributed by atoms with E-state index in [0.29, 0.717) is 19.3 Å². The Morgan fingerprint density at radius 1 is 0.300 bits per heavy atom. The lowest BCUT2D eigenvalue weighted by molar-refractivity contribution is -0.184. The van der Waals surface area contributed by atoms with Crippen LogP contribution in [-0.4, -0.2) is 46.5 Å². The van der Waals surface area contributed by atoms with E-state index in [-0.39, 0.29) is 19.3 Å². The van der Waals surface area contributed by atoms with Crippen molar-refractivity contribution in [2.75, 3.05) is 0 Å². The van der Waals surface area contributed by atoms with Crippen LogP contribution in [0.4, 0.5) is 0 Å². The Labute approximate surface area is 427 Å². The lowest BCUT2D eigenvalue weighted by Gasteiger charge is -2.23. The third kappa shape index (κ3) is 45.7. The van der Waals surface area contributed by atoms with Gasteiger partial charge in [-0.05, 0) is 96.3 Å². The smallest absolute Gasteiger partial charge is 0.346 e. The number of carbonyl (C=O) groups excluding carboxylic acids is 6. The molecule has 0 saturated carbocycles. The van der Waals surface area contributed by atoms with E-state index in [1.165, 1.54) is 116 Å². The Kier molecular flexibility index (Phi) is 48.1. The normalized spacial score (nSPS) is 11.8. The van der Waals surface area contributed by atoms with Gasteiger partial charge < -0.3 is 19.3 Å². The van der Waals surface area contributed by atoms with Crippen molar-refractivity contribution in [1.29, 1.82) is 0 Å². The topological polar surface area (TPSA) is 150 Å². The molecule has 0 saturated heterocycles. The van der Waals surface area contributed by atoms with Gasteiger partial charge in [-0.1, -0.05) is 211 Å². The van der Waals surface area contributed by atoms with E-state index >= 15 is 0 Å². The second-order valence-corrected chi connectivity index (χ2v) is 19.8. The van der Waals surface area contributed by atoms with E-state index in [1.54, 1.807) is 0 Å². The maximum atomic E-state index is 13.2. The fraction of sp³-hybridized carbons (Fsp3) is 0.800. The van der Waals surface area contributed by atoms with Gasteiger partial charge in [0.15, 0.2) is 5.60 Å². The fourth-order valence-electron chi connectivity index (χ4n) is 8.38. The average Bonchev–Trinajstić information content (AvgIpc) is 3.32. The SMILES string of the molecule is CCCCCCCC/C=C\CCCCCCCC(=O)OC(=O)CC(O)(CC(=O)OC(=O)CCCCCCC/C=C\CCCCCCCC)C(=O)OC(=O)CCCCCCC/C=C\CCCCCCCC. The van der Waals surface area contributed by atoms with Gasteiger partial charge in [-0.15, -0.1) is 0 Å². The summed E-state index contributed by atoms with van der Waals surface area (Å²) >= 11 is 0. The molecule has 0 amide bonds. The molecule has 10 nitrogen and oxygen atoms in total. The van der Waals surface area contributed by atoms with E-state index in [1.807, 2.05) is 0 Å². The number of hydrogen-bond donors (Lipinski definition) is 1. The van der Waals surface area contributed by atoms with Gasteiger partial charge in [0.1, 0.15) is 0 Å². The molecule has 0 spiro atoms. The molecule has 70 heavy (non-hydrogen) atoms. The van der Waals surface area contributed by atoms with Gasteiger partial charge in [-0.3, -0.25) is 24.0 Å². The van der Waals surface area contributed by atoms with Crippen LogP contribution in [0.5, 0.6) is 0 Å². The van der Waals surface area contributed by atoms with Gasteiger partial charge in [-0.25, -0.2) is 4.79 Å². The van der Waals surface area contributed by atoms with Crippen LogP contribution in [-0.2, 0) is 43.0 Å². The number of ether oxygens (including phenoxy) is 3. The number of unbranched alkanes of at least 4 members (excludes halogenated alkanes) is 33. The third-order valence-electron chi connectivity index (χ3n) is 12.8. The molecular weight excluding hydrogens is 881 g/mol. The zero-order chi connectivity index (χ0) is 51.4. The molecule has 0 rings (SSSR count). The summed E-state index contributed by atoms with van der Waals surface area (Å²) in [7, 11) is 0. The Morgan fingerprint density at radius 3 is 0.771 bits per heavy atom. The molecule has 0 fully saturated rings. The van der Waals surface area contributed by atoms with E-state index < -0.39 is 54.3 Å². The molecule has 0 aromatic rings. The maximum absolute atomic E-state index is 13.2. The molecule has 0 aliphatic rings. The lowest BCUT2D eigenvalue weighted by atomic mass is 9.95. The van der Waals surface area contributed by atoms with E-state index in [4.69, 9.17) is 14.2 Å². The minimum atomic E-state index is -2.89. The van der Waals surface area contributed by atoms with Crippen LogP contribution in [0, 0.1) is 0 Å². The first-order valence-electron chi connectivity index (χ1n) is 29.0. The van der Waals surface area contributed by atoms with E-state index in [2.05, 4.69) is 57.2 Å². The van der Waals surface area contributed by atoms with E-state index in [0.717, 1.165) is 116 Å². The van der Waals surface area contributed by atoms with Gasteiger partial charge in [-0.2, -0.15) is 0 Å². The highest BCUT2D eigenvalue weighted by atomic mass is 16.6. The number of allylic oxidation sites excluding steroid dienone is 6. The van der Waals surface area contributed by atoms with Crippen molar-refractivity contribution in [3.8, 4) is 0 Å². The summed E-state index contributed by atoms with van der Waals surface area (Å²) in [6, 6.07) is 0. The first kappa shape index (κ1) is 66.6. The Morgan fingerprint density at radius 2 is 0.514 bits per heavy atom. The van der Waals surface area contributed by atoms with Gasteiger partial charge >= 0.3 is 35.8 Å². The predicted octanol–water partition coefficient (Wildman–Crippen LogP) is 16.8. The highest BCUT2D eigenvalue weighted by Crippen LogP contribution is 2.22. The van der Waals surface area contributed by atoms with Crippen molar-refractivity contribution in [3.05, 3.63) is 36.5 Å². The molecular formula is C60H104O10. The summed E-state index contributed by atoms with van der Waals surface area (Å²) in [5, 5.41) is 11.4. The summed E-state index contributed by atoms with van der Waals surface area (Å²) in [5.74, 6) is -6.60. The fourth-order valence-corrected chi connectivity index (χ4v) is 8.38. The third-order valence-corrected chi connectivity index (χ3v) is 12.8. The van der Waals surface area contributed by atoms with Crippen molar-refractivity contribution in [1.82, 2.24) is 0 Å². The summed E-state index contributed by atoms with van der Waals surface area (Å²) < 4.78 is 14.8. The van der Waals surface area contributed by atoms with Gasteiger partial charge in [0.2, 0.25) is 0 Å². The van der Waals surface area contributed by atoms with Crippen LogP contribution in [0.1, 0.15) is 303 Å². The minimum absolute atomic E-state index is 0.0336. The van der Waals surface area contributed by atoms with Crippen LogP contribution in [0.3, 0.4) is 0 Å². The van der Waals surface area contributed by atoms with Crippen LogP contribution in [0.25, 0.3) is 0 Å². The van der Waals surface area contributed by atoms with Crippen molar-refractivity contribution in [2.24, 2.45) is 0 Å². The number of hydrogen-bond acceptors (Lipinski definition) is 10. The van der Waals surface area contributed by atoms with Crippen molar-refractivity contribution >= 4 is 35.8 Å². The molecule has 1 N–H and O–H groups in total. The Balaban J connectivity index is 4.84. The minimum Gasteiger partial charge on any atom is -0.393 e. The summed E-state index contributed by atoms with van der Waals surface area (Å²) in [6.07, 6.45) is 53.6. The largest absolute Gasteiger partial charge is 0.393 e. The number of esters is 6. The second kappa shape index (κ2) is 50.5. The molecule has 0 atom stereocenters. The predicted molar refractivity (Wildman–Crippen MR) is 286 cm³/mol. The summed E-state index contributed by atoms with van der Waals surface area (Å²) in [4.78, 5) is 76.8. The van der Waals surface area contributed by atoms with Crippen LogP contribution < -0.4 is 0 Å². The summed E-state index contributed by atoms with van der Waals surface area (Å²) in [5.41, 5.74) is -2.89. The Bertz CT molecular complexity index is 1330. The zero-order valence-corrected chi connectivity index (χ0v) is 45.2. The van der Waals surface area contributed by atoms with Crippen LogP contribution in [0.2, 0.25) is 0 Å². The molecule has 0 aliphatic carbocycles. The molecule has 0 unspecified atom stereocenters. The summed E-state index contributed by atoms with van der Waals surface area (Å²) in [6.45, 7) is 6.69. The van der Waals surface area contributed by atoms with Gasteiger partial charge in [0, 0.05) is 19.3 Å². The quantitative estimate of drug-likeness (QED) is 0.0205. The molecule has 404 valence electrons. The molecule has 0 aromatic carbocycles. The monoisotopic (exact) mass is 985 g/mol. The van der Waals surface area contributed by atoms with Crippen molar-refractivity contribution in [3.63, 3.8) is 0 Å². The number of aliphatic hydroxyl groups is 1. The molecule has 10 heteroatoms. The van der Waals surface area contributed by atoms with Crippen LogP contribution in [0.15, 0.2) is 36.5 Å². The lowest BCUT2D eigenvalue weighted by Crippen LogP contribution is -2.46. The standard InChI is InChI=1S/C60H104O10/c1-4-7-10-13-16-19-22-25-28-31-34-37-40-43-46-49-54(61)68-57(64)52-60(67,59(66)70-56(63)51-48-45-42-39-36-33-30-27-24-21-18-15-12-9-6-3)53-58(65)69-55(62)50-47-44-41-38-35-32-29-26-23-20-17-14-11-8-5-2/h25-30,67H,4-24,31-53H2,1-3H3/b28-25-,29-26-,30-27-. The first-order valence-corrected chi connectivity index (χ1v) is 29.0. The highest BCUT2D eigenvalue weighted by molar-refractivity contribution is 5.98. The average molecular weight is 985 g/mol. The first-order chi connectivity index (χ1) is 34.1. The number of rotatable bonds is 50. The van der Waals surface area contributed by atoms with Crippen molar-refractivity contribution in [2.45, 2.75) is 309 Å². The molecule has 0 aliphatic heterocycles. The van der Waals surface area contributed by atoms with Gasteiger partial charge in [0.05, 0.1) is 12.8 Å². The zero-order valence-electron chi connectivity index (χ0n) is 45.2. The molecule has 0 aromatic heterocycles. The van der Waals surface area contributed by atoms with Crippen LogP contribution >= 0.6 is 0 Å². The molecule has 0 heterocycles. The van der Waals surface area contributed by atoms with E-state index in [9.17, 15) is 33.9 Å².